The molecule has 0 radical (unpaired) electrons. The van der Waals surface area contributed by atoms with Crippen LogP contribution < -0.4 is 10.1 Å². The Morgan fingerprint density at radius 2 is 2.03 bits per heavy atom. The number of carbonyl (C=O) groups excluding carboxylic acids is 1. The van der Waals surface area contributed by atoms with Crippen molar-refractivity contribution < 1.29 is 9.53 Å². The Bertz CT molecular complexity index is 1100. The van der Waals surface area contributed by atoms with Gasteiger partial charge in [-0.3, -0.25) is 4.79 Å². The van der Waals surface area contributed by atoms with E-state index in [0.717, 1.165) is 26.9 Å². The molecule has 1 atom stereocenters. The number of carbonyl (C=O) groups is 1. The molecule has 1 unspecified atom stereocenters. The van der Waals surface area contributed by atoms with Crippen LogP contribution >= 0.6 is 23.1 Å². The van der Waals surface area contributed by atoms with Crippen LogP contribution in [0.25, 0.3) is 0 Å². The maximum absolute atomic E-state index is 13.2. The number of amides is 1. The highest BCUT2D eigenvalue weighted by atomic mass is 32.2. The molecule has 4 rings (SSSR count). The summed E-state index contributed by atoms with van der Waals surface area (Å²) >= 11 is 2.79. The Balaban J connectivity index is 1.51. The van der Waals surface area contributed by atoms with E-state index in [0.29, 0.717) is 18.1 Å². The molecular formula is C23H23N5O2S2. The van der Waals surface area contributed by atoms with Crippen molar-refractivity contribution in [3.63, 3.8) is 0 Å². The summed E-state index contributed by atoms with van der Waals surface area (Å²) in [7, 11) is 1.64. The number of ether oxygens (including phenoxy) is 1. The van der Waals surface area contributed by atoms with E-state index in [1.54, 1.807) is 18.2 Å². The van der Waals surface area contributed by atoms with Crippen molar-refractivity contribution in [2.45, 2.75) is 16.8 Å². The van der Waals surface area contributed by atoms with Gasteiger partial charge in [0.15, 0.2) is 4.34 Å². The summed E-state index contributed by atoms with van der Waals surface area (Å²) in [4.78, 5) is 13.2. The van der Waals surface area contributed by atoms with Gasteiger partial charge in [-0.15, -0.1) is 16.8 Å². The largest absolute Gasteiger partial charge is 0.497 e. The van der Waals surface area contributed by atoms with Crippen LogP contribution in [-0.2, 0) is 4.79 Å². The van der Waals surface area contributed by atoms with Gasteiger partial charge in [-0.1, -0.05) is 71.6 Å². The van der Waals surface area contributed by atoms with Crippen LogP contribution in [0.1, 0.15) is 23.6 Å². The van der Waals surface area contributed by atoms with Crippen molar-refractivity contribution >= 4 is 39.8 Å². The predicted molar refractivity (Wildman–Crippen MR) is 129 cm³/mol. The zero-order valence-corrected chi connectivity index (χ0v) is 19.2. The van der Waals surface area contributed by atoms with Crippen molar-refractivity contribution in [3.8, 4) is 5.75 Å². The number of rotatable bonds is 9. The van der Waals surface area contributed by atoms with E-state index in [2.05, 4.69) is 22.1 Å². The molecule has 164 valence electrons. The molecule has 7 nitrogen and oxygen atoms in total. The number of methoxy groups -OCH3 is 1. The van der Waals surface area contributed by atoms with Crippen LogP contribution in [-0.4, -0.2) is 46.2 Å². The van der Waals surface area contributed by atoms with E-state index < -0.39 is 0 Å². The minimum Gasteiger partial charge on any atom is -0.497 e. The fourth-order valence-electron chi connectivity index (χ4n) is 3.32. The Hall–Kier alpha value is -3.17. The maximum Gasteiger partial charge on any atom is 0.253 e. The SMILES string of the molecule is C=CCNc1nnc(SCC(=O)N2N=C(c3ccccc3)CC2c2ccc(OC)cc2)s1. The molecule has 0 fully saturated rings. The molecule has 1 amide bonds. The van der Waals surface area contributed by atoms with Gasteiger partial charge in [0.2, 0.25) is 5.13 Å². The molecular weight excluding hydrogens is 442 g/mol. The Labute approximate surface area is 195 Å². The zero-order valence-electron chi connectivity index (χ0n) is 17.6. The fourth-order valence-corrected chi connectivity index (χ4v) is 4.93. The standard InChI is InChI=1S/C23H23N5O2S2/c1-3-13-24-22-25-26-23(32-22)31-15-21(29)28-20(17-9-11-18(30-2)12-10-17)14-19(27-28)16-7-5-4-6-8-16/h3-12,20H,1,13-15H2,2H3,(H,24,25). The van der Waals surface area contributed by atoms with Crippen LogP contribution in [0.15, 0.2) is 76.7 Å². The third-order valence-corrected chi connectivity index (χ3v) is 6.90. The minimum absolute atomic E-state index is 0.0717. The lowest BCUT2D eigenvalue weighted by Crippen LogP contribution is -2.28. The summed E-state index contributed by atoms with van der Waals surface area (Å²) in [6.07, 6.45) is 2.41. The number of hydrogen-bond donors (Lipinski definition) is 1. The molecule has 9 heteroatoms. The van der Waals surface area contributed by atoms with Crippen molar-refractivity contribution in [3.05, 3.63) is 78.4 Å². The summed E-state index contributed by atoms with van der Waals surface area (Å²) in [5.41, 5.74) is 2.94. The molecule has 3 aromatic rings. The smallest absolute Gasteiger partial charge is 0.253 e. The summed E-state index contributed by atoms with van der Waals surface area (Å²) < 4.78 is 6.01. The van der Waals surface area contributed by atoms with Crippen molar-refractivity contribution in [2.75, 3.05) is 24.7 Å². The lowest BCUT2D eigenvalue weighted by molar-refractivity contribution is -0.130. The molecule has 2 heterocycles. The van der Waals surface area contributed by atoms with E-state index in [-0.39, 0.29) is 17.7 Å². The first-order valence-electron chi connectivity index (χ1n) is 10.1. The maximum atomic E-state index is 13.2. The molecule has 1 aliphatic heterocycles. The summed E-state index contributed by atoms with van der Waals surface area (Å²) in [6, 6.07) is 17.6. The second-order valence-corrected chi connectivity index (χ2v) is 9.18. The number of anilines is 1. The van der Waals surface area contributed by atoms with Crippen molar-refractivity contribution in [2.24, 2.45) is 5.10 Å². The van der Waals surface area contributed by atoms with Gasteiger partial charge in [-0.25, -0.2) is 5.01 Å². The first-order valence-corrected chi connectivity index (χ1v) is 11.9. The highest BCUT2D eigenvalue weighted by Crippen LogP contribution is 2.35. The Kier molecular flexibility index (Phi) is 7.18. The molecule has 0 saturated heterocycles. The monoisotopic (exact) mass is 465 g/mol. The highest BCUT2D eigenvalue weighted by Gasteiger charge is 2.33. The van der Waals surface area contributed by atoms with Crippen LogP contribution in [0.3, 0.4) is 0 Å². The van der Waals surface area contributed by atoms with Gasteiger partial charge in [0.05, 0.1) is 24.6 Å². The lowest BCUT2D eigenvalue weighted by Gasteiger charge is -2.22. The molecule has 0 aliphatic carbocycles. The minimum atomic E-state index is -0.163. The van der Waals surface area contributed by atoms with Gasteiger partial charge in [-0.05, 0) is 23.3 Å². The van der Waals surface area contributed by atoms with Gasteiger partial charge in [0.1, 0.15) is 5.75 Å². The van der Waals surface area contributed by atoms with E-state index in [1.165, 1.54) is 23.1 Å². The lowest BCUT2D eigenvalue weighted by atomic mass is 9.98. The number of nitrogens with zero attached hydrogens (tertiary/aromatic N) is 4. The number of thioether (sulfide) groups is 1. The molecule has 2 aromatic carbocycles. The van der Waals surface area contributed by atoms with Gasteiger partial charge < -0.3 is 10.1 Å². The Morgan fingerprint density at radius 3 is 2.75 bits per heavy atom. The molecule has 1 aliphatic rings. The quantitative estimate of drug-likeness (QED) is 0.367. The first kappa shape index (κ1) is 22.0. The summed E-state index contributed by atoms with van der Waals surface area (Å²) in [6.45, 7) is 4.29. The van der Waals surface area contributed by atoms with Gasteiger partial charge in [-0.2, -0.15) is 5.10 Å². The van der Waals surface area contributed by atoms with E-state index in [4.69, 9.17) is 9.84 Å². The van der Waals surface area contributed by atoms with Crippen molar-refractivity contribution in [1.29, 1.82) is 0 Å². The summed E-state index contributed by atoms with van der Waals surface area (Å²) in [5, 5.41) is 18.4. The Morgan fingerprint density at radius 1 is 1.25 bits per heavy atom. The number of aromatic nitrogens is 2. The highest BCUT2D eigenvalue weighted by molar-refractivity contribution is 8.01. The van der Waals surface area contributed by atoms with Crippen LogP contribution in [0.4, 0.5) is 5.13 Å². The molecule has 32 heavy (non-hydrogen) atoms. The number of hydrogen-bond acceptors (Lipinski definition) is 8. The predicted octanol–water partition coefficient (Wildman–Crippen LogP) is 4.61. The number of hydrazone groups is 1. The van der Waals surface area contributed by atoms with Crippen LogP contribution in [0, 0.1) is 0 Å². The second-order valence-electron chi connectivity index (χ2n) is 6.98. The van der Waals surface area contributed by atoms with E-state index >= 15 is 0 Å². The normalized spacial score (nSPS) is 15.3. The fraction of sp³-hybridized carbons (Fsp3) is 0.217. The topological polar surface area (TPSA) is 79.7 Å². The molecule has 0 saturated carbocycles. The van der Waals surface area contributed by atoms with E-state index in [9.17, 15) is 4.79 Å². The average molecular weight is 466 g/mol. The third kappa shape index (κ3) is 5.17. The molecule has 0 spiro atoms. The number of benzene rings is 2. The first-order chi connectivity index (χ1) is 15.7. The van der Waals surface area contributed by atoms with Crippen molar-refractivity contribution in [1.82, 2.24) is 15.2 Å². The molecule has 1 aromatic heterocycles. The third-order valence-electron chi connectivity index (χ3n) is 4.90. The molecule has 1 N–H and O–H groups in total. The van der Waals surface area contributed by atoms with Crippen LogP contribution in [0.5, 0.6) is 5.75 Å². The van der Waals surface area contributed by atoms with Gasteiger partial charge in [0, 0.05) is 13.0 Å². The number of nitrogens with one attached hydrogen (secondary N) is 1. The van der Waals surface area contributed by atoms with Crippen LogP contribution in [0.2, 0.25) is 0 Å². The van der Waals surface area contributed by atoms with Gasteiger partial charge in [0.25, 0.3) is 5.91 Å². The second kappa shape index (κ2) is 10.4. The average Bonchev–Trinajstić information content (AvgIpc) is 3.49. The summed E-state index contributed by atoms with van der Waals surface area (Å²) in [5.74, 6) is 0.938. The van der Waals surface area contributed by atoms with Gasteiger partial charge >= 0.3 is 0 Å². The molecule has 0 bridgehead atoms. The van der Waals surface area contributed by atoms with E-state index in [1.807, 2.05) is 54.6 Å². The zero-order chi connectivity index (χ0) is 22.3.